The lowest BCUT2D eigenvalue weighted by Gasteiger charge is -1.97. The first-order chi connectivity index (χ1) is 8.25. The van der Waals surface area contributed by atoms with Crippen LogP contribution in [0.2, 0.25) is 0 Å². The van der Waals surface area contributed by atoms with E-state index in [2.05, 4.69) is 4.98 Å². The molecular formula is C13H13NO3. The van der Waals surface area contributed by atoms with Crippen LogP contribution in [-0.2, 0) is 16.0 Å². The second kappa shape index (κ2) is 5.30. The predicted molar refractivity (Wildman–Crippen MR) is 62.3 cm³/mol. The first-order valence-corrected chi connectivity index (χ1v) is 5.39. The molecule has 0 amide bonds. The number of ether oxygens (including phenoxy) is 1. The monoisotopic (exact) mass is 231 g/mol. The molecule has 0 N–H and O–H groups in total. The zero-order valence-corrected chi connectivity index (χ0v) is 9.55. The van der Waals surface area contributed by atoms with Gasteiger partial charge in [0.1, 0.15) is 12.0 Å². The highest BCUT2D eigenvalue weighted by Gasteiger charge is 2.06. The fourth-order valence-corrected chi connectivity index (χ4v) is 1.45. The van der Waals surface area contributed by atoms with Crippen molar-refractivity contribution < 1.29 is 13.9 Å². The van der Waals surface area contributed by atoms with E-state index in [0.717, 1.165) is 11.3 Å². The summed E-state index contributed by atoms with van der Waals surface area (Å²) in [7, 11) is 0. The number of nitrogens with zero attached hydrogens (tertiary/aromatic N) is 1. The number of hydrogen-bond donors (Lipinski definition) is 0. The summed E-state index contributed by atoms with van der Waals surface area (Å²) in [6.45, 7) is 1.68. The van der Waals surface area contributed by atoms with Crippen molar-refractivity contribution in [3.63, 3.8) is 0 Å². The lowest BCUT2D eigenvalue weighted by molar-refractivity contribution is -0.140. The van der Waals surface area contributed by atoms with Crippen LogP contribution in [-0.4, -0.2) is 17.6 Å². The van der Waals surface area contributed by atoms with E-state index in [1.807, 2.05) is 30.3 Å². The van der Waals surface area contributed by atoms with Crippen molar-refractivity contribution in [3.8, 4) is 11.3 Å². The Labute approximate surface area is 99.2 Å². The first-order valence-electron chi connectivity index (χ1n) is 5.39. The molecule has 88 valence electrons. The number of carbonyl (C=O) groups is 1. The second-order valence-corrected chi connectivity index (χ2v) is 3.58. The van der Waals surface area contributed by atoms with Gasteiger partial charge in [0, 0.05) is 12.5 Å². The van der Waals surface area contributed by atoms with Crippen LogP contribution in [0.15, 0.2) is 41.0 Å². The van der Waals surface area contributed by atoms with Crippen molar-refractivity contribution in [2.45, 2.75) is 13.3 Å². The third-order valence-electron chi connectivity index (χ3n) is 2.24. The molecule has 2 aromatic rings. The maximum absolute atomic E-state index is 10.6. The summed E-state index contributed by atoms with van der Waals surface area (Å²) in [6.07, 6.45) is 2.10. The van der Waals surface area contributed by atoms with Gasteiger partial charge in [-0.15, -0.1) is 0 Å². The number of benzene rings is 1. The Hall–Kier alpha value is -2.10. The molecule has 0 aliphatic rings. The van der Waals surface area contributed by atoms with Crippen molar-refractivity contribution in [3.05, 3.63) is 42.5 Å². The van der Waals surface area contributed by atoms with E-state index in [4.69, 9.17) is 9.15 Å². The Balaban J connectivity index is 1.99. The minimum atomic E-state index is -0.292. The van der Waals surface area contributed by atoms with Crippen molar-refractivity contribution in [2.24, 2.45) is 0 Å². The molecule has 0 bridgehead atoms. The Morgan fingerprint density at radius 1 is 1.35 bits per heavy atom. The average Bonchev–Trinajstić information content (AvgIpc) is 2.78. The van der Waals surface area contributed by atoms with Gasteiger partial charge in [0.2, 0.25) is 0 Å². The third kappa shape index (κ3) is 3.17. The highest BCUT2D eigenvalue weighted by molar-refractivity contribution is 5.65. The van der Waals surface area contributed by atoms with E-state index in [1.165, 1.54) is 6.92 Å². The Morgan fingerprint density at radius 2 is 2.12 bits per heavy atom. The number of carbonyl (C=O) groups excluding carboxylic acids is 1. The molecule has 0 saturated carbocycles. The highest BCUT2D eigenvalue weighted by atomic mass is 16.5. The lowest BCUT2D eigenvalue weighted by atomic mass is 10.2. The summed E-state index contributed by atoms with van der Waals surface area (Å²) in [6, 6.07) is 9.78. The van der Waals surface area contributed by atoms with Crippen molar-refractivity contribution in [1.82, 2.24) is 4.98 Å². The van der Waals surface area contributed by atoms with Gasteiger partial charge in [0.05, 0.1) is 13.0 Å². The lowest BCUT2D eigenvalue weighted by Crippen LogP contribution is -2.03. The van der Waals surface area contributed by atoms with Crippen molar-refractivity contribution in [2.75, 3.05) is 6.61 Å². The maximum atomic E-state index is 10.6. The zero-order chi connectivity index (χ0) is 12.1. The molecule has 2 rings (SSSR count). The van der Waals surface area contributed by atoms with E-state index in [9.17, 15) is 4.79 Å². The summed E-state index contributed by atoms with van der Waals surface area (Å²) < 4.78 is 10.1. The molecule has 17 heavy (non-hydrogen) atoms. The molecule has 0 spiro atoms. The third-order valence-corrected chi connectivity index (χ3v) is 2.24. The number of esters is 1. The van der Waals surface area contributed by atoms with Gasteiger partial charge in [-0.1, -0.05) is 30.3 Å². The van der Waals surface area contributed by atoms with Gasteiger partial charge in [-0.3, -0.25) is 4.79 Å². The van der Waals surface area contributed by atoms with Crippen LogP contribution in [0.25, 0.3) is 11.3 Å². The topological polar surface area (TPSA) is 52.3 Å². The number of rotatable bonds is 4. The van der Waals surface area contributed by atoms with Gasteiger partial charge in [0.25, 0.3) is 0 Å². The summed E-state index contributed by atoms with van der Waals surface area (Å²) in [5.41, 5.74) is 1.80. The maximum Gasteiger partial charge on any atom is 0.302 e. The Bertz CT molecular complexity index is 490. The van der Waals surface area contributed by atoms with Crippen LogP contribution in [0.3, 0.4) is 0 Å². The fraction of sp³-hybridized carbons (Fsp3) is 0.231. The van der Waals surface area contributed by atoms with E-state index >= 15 is 0 Å². The van der Waals surface area contributed by atoms with Gasteiger partial charge in [-0.25, -0.2) is 4.98 Å². The highest BCUT2D eigenvalue weighted by Crippen LogP contribution is 2.17. The van der Waals surface area contributed by atoms with Crippen molar-refractivity contribution >= 4 is 5.97 Å². The van der Waals surface area contributed by atoms with Crippen LogP contribution in [0.1, 0.15) is 12.8 Å². The van der Waals surface area contributed by atoms with Gasteiger partial charge < -0.3 is 9.15 Å². The second-order valence-electron chi connectivity index (χ2n) is 3.58. The smallest absolute Gasteiger partial charge is 0.302 e. The molecule has 0 aliphatic heterocycles. The van der Waals surface area contributed by atoms with E-state index in [0.29, 0.717) is 18.9 Å². The van der Waals surface area contributed by atoms with Gasteiger partial charge in [-0.2, -0.15) is 0 Å². The molecule has 1 aromatic heterocycles. The molecule has 0 radical (unpaired) electrons. The molecule has 0 aliphatic carbocycles. The summed E-state index contributed by atoms with van der Waals surface area (Å²) >= 11 is 0. The van der Waals surface area contributed by atoms with Crippen LogP contribution in [0.5, 0.6) is 0 Å². The zero-order valence-electron chi connectivity index (χ0n) is 9.55. The molecule has 0 unspecified atom stereocenters. The van der Waals surface area contributed by atoms with Gasteiger partial charge >= 0.3 is 5.97 Å². The summed E-state index contributed by atoms with van der Waals surface area (Å²) in [5.74, 6) is 0.282. The number of hydrogen-bond acceptors (Lipinski definition) is 4. The van der Waals surface area contributed by atoms with Crippen molar-refractivity contribution in [1.29, 1.82) is 0 Å². The van der Waals surface area contributed by atoms with Crippen LogP contribution in [0.4, 0.5) is 0 Å². The first kappa shape index (κ1) is 11.4. The quantitative estimate of drug-likeness (QED) is 0.758. The van der Waals surface area contributed by atoms with E-state index in [1.54, 1.807) is 6.26 Å². The number of oxazole rings is 1. The van der Waals surface area contributed by atoms with Gasteiger partial charge in [0.15, 0.2) is 5.89 Å². The standard InChI is InChI=1S/C13H13NO3/c1-10(15)16-8-7-13-14-12(9-17-13)11-5-3-2-4-6-11/h2-6,9H,7-8H2,1H3. The van der Waals surface area contributed by atoms with Gasteiger partial charge in [-0.05, 0) is 0 Å². The molecule has 1 aromatic carbocycles. The van der Waals surface area contributed by atoms with Crippen LogP contribution < -0.4 is 0 Å². The number of aromatic nitrogens is 1. The molecule has 4 nitrogen and oxygen atoms in total. The molecule has 0 saturated heterocycles. The molecule has 0 atom stereocenters. The largest absolute Gasteiger partial charge is 0.465 e. The fourth-order valence-electron chi connectivity index (χ4n) is 1.45. The SMILES string of the molecule is CC(=O)OCCc1nc(-c2ccccc2)co1. The molecular weight excluding hydrogens is 218 g/mol. The summed E-state index contributed by atoms with van der Waals surface area (Å²) in [5, 5.41) is 0. The predicted octanol–water partition coefficient (Wildman–Crippen LogP) is 2.45. The Kier molecular flexibility index (Phi) is 3.55. The van der Waals surface area contributed by atoms with Crippen LogP contribution >= 0.6 is 0 Å². The van der Waals surface area contributed by atoms with E-state index in [-0.39, 0.29) is 5.97 Å². The summed E-state index contributed by atoms with van der Waals surface area (Å²) in [4.78, 5) is 14.9. The average molecular weight is 231 g/mol. The molecule has 4 heteroatoms. The Morgan fingerprint density at radius 3 is 2.82 bits per heavy atom. The molecule has 1 heterocycles. The molecule has 0 fully saturated rings. The minimum absolute atomic E-state index is 0.292. The minimum Gasteiger partial charge on any atom is -0.465 e. The normalized spacial score (nSPS) is 10.2. The van der Waals surface area contributed by atoms with Crippen LogP contribution in [0, 0.1) is 0 Å². The van der Waals surface area contributed by atoms with E-state index < -0.39 is 0 Å².